The maximum absolute atomic E-state index is 13.1. The van der Waals surface area contributed by atoms with Crippen LogP contribution in [-0.2, 0) is 10.3 Å². The molecule has 0 radical (unpaired) electrons. The monoisotopic (exact) mass is 416 g/mol. The first-order valence-corrected chi connectivity index (χ1v) is 9.05. The van der Waals surface area contributed by atoms with Crippen molar-refractivity contribution in [3.05, 3.63) is 11.8 Å². The van der Waals surface area contributed by atoms with Crippen LogP contribution in [0.1, 0.15) is 36.0 Å². The molecular weight excluding hydrogens is 396 g/mol. The van der Waals surface area contributed by atoms with Gasteiger partial charge in [-0.05, 0) is 19.3 Å². The normalized spacial score (nSPS) is 24.0. The molecular formula is C17H20F4N6O2. The van der Waals surface area contributed by atoms with Crippen molar-refractivity contribution < 1.29 is 27.2 Å². The maximum atomic E-state index is 13.1. The number of nitrogens with two attached hydrogens (primary N) is 1. The second-order valence-electron chi connectivity index (χ2n) is 7.50. The molecule has 1 aliphatic heterocycles. The molecule has 1 aromatic rings. The van der Waals surface area contributed by atoms with E-state index in [1.54, 1.807) is 0 Å². The first-order chi connectivity index (χ1) is 13.5. The minimum Gasteiger partial charge on any atom is -0.365 e. The number of anilines is 1. The van der Waals surface area contributed by atoms with E-state index in [1.807, 2.05) is 6.07 Å². The van der Waals surface area contributed by atoms with Crippen LogP contribution in [0.5, 0.6) is 0 Å². The number of primary amides is 1. The second kappa shape index (κ2) is 7.62. The van der Waals surface area contributed by atoms with E-state index in [1.165, 1.54) is 15.8 Å². The van der Waals surface area contributed by atoms with Gasteiger partial charge in [0, 0.05) is 19.3 Å². The summed E-state index contributed by atoms with van der Waals surface area (Å²) in [4.78, 5) is 25.0. The summed E-state index contributed by atoms with van der Waals surface area (Å²) in [7, 11) is 0. The number of likely N-dealkylation sites (tertiary alicyclic amines) is 1. The smallest absolute Gasteiger partial charge is 0.365 e. The highest BCUT2D eigenvalue weighted by Crippen LogP contribution is 2.37. The van der Waals surface area contributed by atoms with Gasteiger partial charge in [0.15, 0.2) is 5.82 Å². The van der Waals surface area contributed by atoms with Crippen molar-refractivity contribution >= 4 is 17.6 Å². The van der Waals surface area contributed by atoms with Crippen LogP contribution in [0.2, 0.25) is 0 Å². The van der Waals surface area contributed by atoms with Crippen LogP contribution in [-0.4, -0.2) is 58.5 Å². The third kappa shape index (κ3) is 4.67. The summed E-state index contributed by atoms with van der Waals surface area (Å²) in [5, 5.41) is 15.8. The van der Waals surface area contributed by atoms with E-state index in [2.05, 4.69) is 10.4 Å². The third-order valence-electron chi connectivity index (χ3n) is 5.35. The molecule has 12 heteroatoms. The molecule has 1 aromatic heterocycles. The molecule has 2 amide bonds. The van der Waals surface area contributed by atoms with Crippen LogP contribution in [0.4, 0.5) is 23.4 Å². The summed E-state index contributed by atoms with van der Waals surface area (Å²) < 4.78 is 52.3. The lowest BCUT2D eigenvalue weighted by molar-refractivity contribution is -0.150. The number of aromatic nitrogens is 2. The number of nitrogens with zero attached hydrogens (tertiary/aromatic N) is 4. The Labute approximate surface area is 163 Å². The average molecular weight is 416 g/mol. The number of hydrogen-bond donors (Lipinski definition) is 2. The van der Waals surface area contributed by atoms with Gasteiger partial charge in [0.2, 0.25) is 5.91 Å². The SMILES string of the molecule is N#CCC1(n2cc(C(N)=O)c(NC(=O)[C@@H]3C[C@H]3F)n2)CCN(CC(F)(F)F)CC1. The van der Waals surface area contributed by atoms with Gasteiger partial charge in [-0.15, -0.1) is 0 Å². The number of carbonyl (C=O) groups excluding carboxylic acids is 2. The predicted molar refractivity (Wildman–Crippen MR) is 92.3 cm³/mol. The lowest BCUT2D eigenvalue weighted by atomic mass is 9.85. The number of nitrogens with one attached hydrogen (secondary N) is 1. The number of alkyl halides is 4. The molecule has 1 aliphatic carbocycles. The van der Waals surface area contributed by atoms with Crippen molar-refractivity contribution in [1.29, 1.82) is 5.26 Å². The third-order valence-corrected chi connectivity index (χ3v) is 5.35. The van der Waals surface area contributed by atoms with Crippen LogP contribution in [0.15, 0.2) is 6.20 Å². The highest BCUT2D eigenvalue weighted by Gasteiger charge is 2.45. The molecule has 3 rings (SSSR count). The van der Waals surface area contributed by atoms with Gasteiger partial charge in [-0.1, -0.05) is 0 Å². The Balaban J connectivity index is 1.82. The number of carbonyl (C=O) groups is 2. The molecule has 3 N–H and O–H groups in total. The number of nitriles is 1. The van der Waals surface area contributed by atoms with Gasteiger partial charge in [0.05, 0.1) is 30.5 Å². The fourth-order valence-electron chi connectivity index (χ4n) is 3.55. The maximum Gasteiger partial charge on any atom is 0.401 e. The fraction of sp³-hybridized carbons (Fsp3) is 0.647. The largest absolute Gasteiger partial charge is 0.401 e. The van der Waals surface area contributed by atoms with Crippen molar-refractivity contribution in [2.45, 2.75) is 43.6 Å². The Morgan fingerprint density at radius 3 is 2.48 bits per heavy atom. The summed E-state index contributed by atoms with van der Waals surface area (Å²) in [6.07, 6.45) is -3.85. The molecule has 2 atom stereocenters. The molecule has 2 aliphatic rings. The number of halogens is 4. The van der Waals surface area contributed by atoms with Gasteiger partial charge in [0.1, 0.15) is 11.7 Å². The summed E-state index contributed by atoms with van der Waals surface area (Å²) in [6, 6.07) is 2.02. The Hall–Kier alpha value is -2.68. The summed E-state index contributed by atoms with van der Waals surface area (Å²) >= 11 is 0. The zero-order valence-corrected chi connectivity index (χ0v) is 15.4. The molecule has 0 bridgehead atoms. The van der Waals surface area contributed by atoms with Gasteiger partial charge < -0.3 is 11.1 Å². The zero-order valence-electron chi connectivity index (χ0n) is 15.4. The van der Waals surface area contributed by atoms with Gasteiger partial charge in [-0.2, -0.15) is 23.5 Å². The molecule has 0 spiro atoms. The van der Waals surface area contributed by atoms with Crippen LogP contribution < -0.4 is 11.1 Å². The van der Waals surface area contributed by atoms with Crippen molar-refractivity contribution in [3.8, 4) is 6.07 Å². The number of hydrogen-bond acceptors (Lipinski definition) is 5. The Bertz CT molecular complexity index is 838. The average Bonchev–Trinajstić information content (AvgIpc) is 3.19. The number of rotatable bonds is 6. The standard InChI is InChI=1S/C17H20F4N6O2/c18-12-7-10(12)15(29)24-14-11(13(23)28)8-27(25-14)16(1-4-22)2-5-26(6-3-16)9-17(19,20)21/h8,10,12H,1-3,5-7,9H2,(H2,23,28)(H,24,25,29)/t10-,12-/m1/s1. The molecule has 0 aromatic carbocycles. The molecule has 1 saturated carbocycles. The summed E-state index contributed by atoms with van der Waals surface area (Å²) in [6.45, 7) is -0.880. The van der Waals surface area contributed by atoms with Crippen molar-refractivity contribution in [3.63, 3.8) is 0 Å². The topological polar surface area (TPSA) is 117 Å². The first kappa shape index (κ1) is 21.0. The molecule has 2 heterocycles. The van der Waals surface area contributed by atoms with Crippen LogP contribution in [0.25, 0.3) is 0 Å². The van der Waals surface area contributed by atoms with Gasteiger partial charge in [-0.25, -0.2) is 4.39 Å². The highest BCUT2D eigenvalue weighted by atomic mass is 19.4. The molecule has 8 nitrogen and oxygen atoms in total. The van der Waals surface area contributed by atoms with Crippen LogP contribution >= 0.6 is 0 Å². The lowest BCUT2D eigenvalue weighted by Crippen LogP contribution is -2.48. The van der Waals surface area contributed by atoms with Crippen LogP contribution in [0.3, 0.4) is 0 Å². The Kier molecular flexibility index (Phi) is 5.53. The van der Waals surface area contributed by atoms with Crippen molar-refractivity contribution in [2.75, 3.05) is 25.0 Å². The number of piperidine rings is 1. The van der Waals surface area contributed by atoms with Gasteiger partial charge in [-0.3, -0.25) is 19.2 Å². The van der Waals surface area contributed by atoms with E-state index in [4.69, 9.17) is 5.73 Å². The Morgan fingerprint density at radius 1 is 1.38 bits per heavy atom. The van der Waals surface area contributed by atoms with E-state index < -0.39 is 42.2 Å². The molecule has 158 valence electrons. The molecule has 2 fully saturated rings. The minimum atomic E-state index is -4.32. The summed E-state index contributed by atoms with van der Waals surface area (Å²) in [5.74, 6) is -2.45. The summed E-state index contributed by atoms with van der Waals surface area (Å²) in [5.41, 5.74) is 4.30. The zero-order chi connectivity index (χ0) is 21.4. The van der Waals surface area contributed by atoms with Gasteiger partial charge in [0.25, 0.3) is 5.91 Å². The quantitative estimate of drug-likeness (QED) is 0.683. The Morgan fingerprint density at radius 2 is 2.00 bits per heavy atom. The minimum absolute atomic E-state index is 0.0463. The predicted octanol–water partition coefficient (Wildman–Crippen LogP) is 1.55. The van der Waals surface area contributed by atoms with E-state index >= 15 is 0 Å². The van der Waals surface area contributed by atoms with E-state index in [0.29, 0.717) is 0 Å². The van der Waals surface area contributed by atoms with Crippen molar-refractivity contribution in [1.82, 2.24) is 14.7 Å². The number of amides is 2. The van der Waals surface area contributed by atoms with E-state index in [0.717, 1.165) is 0 Å². The second-order valence-corrected chi connectivity index (χ2v) is 7.50. The van der Waals surface area contributed by atoms with Crippen molar-refractivity contribution in [2.24, 2.45) is 11.7 Å². The molecule has 29 heavy (non-hydrogen) atoms. The first-order valence-electron chi connectivity index (χ1n) is 9.05. The molecule has 1 saturated heterocycles. The van der Waals surface area contributed by atoms with E-state index in [-0.39, 0.29) is 50.2 Å². The van der Waals surface area contributed by atoms with Gasteiger partial charge >= 0.3 is 6.18 Å². The van der Waals surface area contributed by atoms with E-state index in [9.17, 15) is 32.4 Å². The lowest BCUT2D eigenvalue weighted by Gasteiger charge is -2.40. The van der Waals surface area contributed by atoms with Crippen LogP contribution in [0, 0.1) is 17.2 Å². The molecule has 0 unspecified atom stereocenters. The fourth-order valence-corrected chi connectivity index (χ4v) is 3.55. The highest BCUT2D eigenvalue weighted by molar-refractivity contribution is 6.03.